The van der Waals surface area contributed by atoms with Crippen molar-refractivity contribution in [1.82, 2.24) is 19.3 Å². The minimum Gasteiger partial charge on any atom is -0.327 e. The Hall–Kier alpha value is -4.00. The van der Waals surface area contributed by atoms with E-state index in [0.717, 1.165) is 29.7 Å². The van der Waals surface area contributed by atoms with E-state index in [1.165, 1.54) is 0 Å². The van der Waals surface area contributed by atoms with Crippen LogP contribution in [-0.2, 0) is 9.59 Å². The molecule has 0 spiro atoms. The van der Waals surface area contributed by atoms with Gasteiger partial charge in [-0.05, 0) is 36.6 Å². The molecule has 0 bridgehead atoms. The fraction of sp³-hybridized carbons (Fsp3) is 0.200. The summed E-state index contributed by atoms with van der Waals surface area (Å²) in [5.41, 5.74) is 3.22. The second kappa shape index (κ2) is 8.63. The molecule has 2 amide bonds. The molecule has 3 heterocycles. The van der Waals surface area contributed by atoms with Crippen LogP contribution in [0.1, 0.15) is 30.9 Å². The Kier molecular flexibility index (Phi) is 5.37. The lowest BCUT2D eigenvalue weighted by Crippen LogP contribution is -2.43. The van der Waals surface area contributed by atoms with Gasteiger partial charge >= 0.3 is 0 Å². The van der Waals surface area contributed by atoms with Gasteiger partial charge in [-0.3, -0.25) is 14.0 Å². The molecule has 0 saturated carbocycles. The number of carbonyl (C=O) groups excluding carboxylic acids is 2. The van der Waals surface area contributed by atoms with Gasteiger partial charge in [0, 0.05) is 42.8 Å². The molecule has 2 aromatic heterocycles. The SMILES string of the molecule is O=C(Nc1ccc(-c2cn3cccnc3n2)cc1)C(c1ccccc1)N1CCCCC1=O. The average molecular weight is 425 g/mol. The first kappa shape index (κ1) is 19.9. The zero-order chi connectivity index (χ0) is 21.9. The summed E-state index contributed by atoms with van der Waals surface area (Å²) in [6.07, 6.45) is 7.80. The maximum absolute atomic E-state index is 13.3. The molecular weight excluding hydrogens is 402 g/mol. The maximum atomic E-state index is 13.3. The molecule has 0 aliphatic carbocycles. The van der Waals surface area contributed by atoms with Gasteiger partial charge in [-0.25, -0.2) is 9.97 Å². The van der Waals surface area contributed by atoms with Crippen molar-refractivity contribution in [3.63, 3.8) is 0 Å². The Morgan fingerprint density at radius 2 is 1.81 bits per heavy atom. The Balaban J connectivity index is 1.37. The molecule has 1 atom stereocenters. The van der Waals surface area contributed by atoms with Crippen LogP contribution in [0.25, 0.3) is 17.0 Å². The number of hydrogen-bond acceptors (Lipinski definition) is 4. The van der Waals surface area contributed by atoms with Crippen molar-refractivity contribution in [3.05, 3.63) is 84.8 Å². The molecule has 7 nitrogen and oxygen atoms in total. The van der Waals surface area contributed by atoms with E-state index >= 15 is 0 Å². The number of fused-ring (bicyclic) bond motifs is 1. The predicted molar refractivity (Wildman–Crippen MR) is 122 cm³/mol. The van der Waals surface area contributed by atoms with E-state index in [4.69, 9.17) is 0 Å². The van der Waals surface area contributed by atoms with Crippen molar-refractivity contribution in [2.75, 3.05) is 11.9 Å². The quantitative estimate of drug-likeness (QED) is 0.522. The Morgan fingerprint density at radius 3 is 2.56 bits per heavy atom. The Labute approximate surface area is 185 Å². The summed E-state index contributed by atoms with van der Waals surface area (Å²) < 4.78 is 1.87. The van der Waals surface area contributed by atoms with Crippen LogP contribution >= 0.6 is 0 Å². The van der Waals surface area contributed by atoms with Crippen LogP contribution in [0.3, 0.4) is 0 Å². The lowest BCUT2D eigenvalue weighted by atomic mass is 10.0. The van der Waals surface area contributed by atoms with Crippen molar-refractivity contribution in [1.29, 1.82) is 0 Å². The van der Waals surface area contributed by atoms with Crippen LogP contribution in [0, 0.1) is 0 Å². The molecule has 5 rings (SSSR count). The second-order valence-electron chi connectivity index (χ2n) is 7.88. The van der Waals surface area contributed by atoms with Crippen LogP contribution in [0.5, 0.6) is 0 Å². The summed E-state index contributed by atoms with van der Waals surface area (Å²) in [5.74, 6) is 0.448. The van der Waals surface area contributed by atoms with Crippen LogP contribution in [-0.4, -0.2) is 37.6 Å². The van der Waals surface area contributed by atoms with Gasteiger partial charge in [-0.15, -0.1) is 0 Å². The summed E-state index contributed by atoms with van der Waals surface area (Å²) in [5, 5.41) is 2.99. The van der Waals surface area contributed by atoms with E-state index < -0.39 is 6.04 Å². The second-order valence-corrected chi connectivity index (χ2v) is 7.88. The molecule has 1 N–H and O–H groups in total. The molecule has 1 saturated heterocycles. The highest BCUT2D eigenvalue weighted by Gasteiger charge is 2.32. The topological polar surface area (TPSA) is 79.6 Å². The Bertz CT molecular complexity index is 1220. The smallest absolute Gasteiger partial charge is 0.251 e. The molecule has 1 fully saturated rings. The van der Waals surface area contributed by atoms with Gasteiger partial charge in [0.2, 0.25) is 11.7 Å². The molecular formula is C25H23N5O2. The maximum Gasteiger partial charge on any atom is 0.251 e. The summed E-state index contributed by atoms with van der Waals surface area (Å²) in [6.45, 7) is 0.590. The number of imidazole rings is 1. The van der Waals surface area contributed by atoms with Crippen molar-refractivity contribution >= 4 is 23.3 Å². The molecule has 1 aliphatic heterocycles. The molecule has 1 unspecified atom stereocenters. The molecule has 7 heteroatoms. The number of aromatic nitrogens is 3. The van der Waals surface area contributed by atoms with Crippen molar-refractivity contribution in [2.45, 2.75) is 25.3 Å². The van der Waals surface area contributed by atoms with Crippen LogP contribution in [0.15, 0.2) is 79.3 Å². The van der Waals surface area contributed by atoms with E-state index in [1.54, 1.807) is 11.1 Å². The summed E-state index contributed by atoms with van der Waals surface area (Å²) in [6, 6.07) is 18.2. The molecule has 0 radical (unpaired) electrons. The van der Waals surface area contributed by atoms with Crippen molar-refractivity contribution < 1.29 is 9.59 Å². The van der Waals surface area contributed by atoms with E-state index in [2.05, 4.69) is 15.3 Å². The molecule has 160 valence electrons. The lowest BCUT2D eigenvalue weighted by Gasteiger charge is -2.34. The highest BCUT2D eigenvalue weighted by molar-refractivity contribution is 5.98. The zero-order valence-electron chi connectivity index (χ0n) is 17.5. The molecule has 4 aromatic rings. The number of amides is 2. The number of anilines is 1. The van der Waals surface area contributed by atoms with Crippen molar-refractivity contribution in [2.24, 2.45) is 0 Å². The first-order valence-corrected chi connectivity index (χ1v) is 10.7. The third-order valence-corrected chi connectivity index (χ3v) is 5.72. The highest BCUT2D eigenvalue weighted by atomic mass is 16.2. The first-order valence-electron chi connectivity index (χ1n) is 10.7. The average Bonchev–Trinajstić information content (AvgIpc) is 3.26. The van der Waals surface area contributed by atoms with Gasteiger partial charge in [0.25, 0.3) is 5.91 Å². The fourth-order valence-electron chi connectivity index (χ4n) is 4.11. The third kappa shape index (κ3) is 3.97. The first-order chi connectivity index (χ1) is 15.7. The van der Waals surface area contributed by atoms with E-state index in [1.807, 2.05) is 77.5 Å². The lowest BCUT2D eigenvalue weighted by molar-refractivity contribution is -0.141. The number of nitrogens with zero attached hydrogens (tertiary/aromatic N) is 4. The Morgan fingerprint density at radius 1 is 1.00 bits per heavy atom. The number of nitrogens with one attached hydrogen (secondary N) is 1. The van der Waals surface area contributed by atoms with Gasteiger partial charge in [0.15, 0.2) is 0 Å². The van der Waals surface area contributed by atoms with Gasteiger partial charge in [0.05, 0.1) is 5.69 Å². The largest absolute Gasteiger partial charge is 0.327 e. The normalized spacial score (nSPS) is 15.0. The summed E-state index contributed by atoms with van der Waals surface area (Å²) in [4.78, 5) is 36.4. The van der Waals surface area contributed by atoms with Crippen LogP contribution in [0.4, 0.5) is 5.69 Å². The zero-order valence-corrected chi connectivity index (χ0v) is 17.5. The minimum atomic E-state index is -0.645. The number of likely N-dealkylation sites (tertiary alicyclic amines) is 1. The van der Waals surface area contributed by atoms with Crippen LogP contribution in [0.2, 0.25) is 0 Å². The summed E-state index contributed by atoms with van der Waals surface area (Å²) >= 11 is 0. The van der Waals surface area contributed by atoms with E-state index in [0.29, 0.717) is 24.4 Å². The summed E-state index contributed by atoms with van der Waals surface area (Å²) in [7, 11) is 0. The predicted octanol–water partition coefficient (Wildman–Crippen LogP) is 4.09. The molecule has 1 aliphatic rings. The van der Waals surface area contributed by atoms with E-state index in [-0.39, 0.29) is 11.8 Å². The molecule has 32 heavy (non-hydrogen) atoms. The number of hydrogen-bond donors (Lipinski definition) is 1. The third-order valence-electron chi connectivity index (χ3n) is 5.72. The monoisotopic (exact) mass is 425 g/mol. The van der Waals surface area contributed by atoms with Gasteiger partial charge in [-0.1, -0.05) is 42.5 Å². The van der Waals surface area contributed by atoms with Crippen molar-refractivity contribution in [3.8, 4) is 11.3 Å². The standard InChI is InChI=1S/C25H23N5O2/c31-22-9-4-5-16-30(22)23(19-7-2-1-3-8-19)24(32)27-20-12-10-18(11-13-20)21-17-29-15-6-14-26-25(29)28-21/h1-3,6-8,10-15,17,23H,4-5,9,16H2,(H,27,32). The van der Waals surface area contributed by atoms with E-state index in [9.17, 15) is 9.59 Å². The number of carbonyl (C=O) groups is 2. The van der Waals surface area contributed by atoms with Crippen LogP contribution < -0.4 is 5.32 Å². The minimum absolute atomic E-state index is 0.0241. The molecule has 2 aromatic carbocycles. The van der Waals surface area contributed by atoms with Gasteiger partial charge in [0.1, 0.15) is 6.04 Å². The van der Waals surface area contributed by atoms with Gasteiger partial charge < -0.3 is 10.2 Å². The fourth-order valence-corrected chi connectivity index (χ4v) is 4.11. The highest BCUT2D eigenvalue weighted by Crippen LogP contribution is 2.28. The number of rotatable bonds is 5. The van der Waals surface area contributed by atoms with Gasteiger partial charge in [-0.2, -0.15) is 0 Å². The number of benzene rings is 2. The number of piperidine rings is 1.